The highest BCUT2D eigenvalue weighted by molar-refractivity contribution is 7.99. The van der Waals surface area contributed by atoms with Crippen molar-refractivity contribution in [3.05, 3.63) is 101 Å². The number of hydrogen-bond acceptors (Lipinski definition) is 3. The van der Waals surface area contributed by atoms with Crippen LogP contribution in [0.25, 0.3) is 0 Å². The summed E-state index contributed by atoms with van der Waals surface area (Å²) in [7, 11) is 0. The predicted molar refractivity (Wildman–Crippen MR) is 150 cm³/mol. The van der Waals surface area contributed by atoms with E-state index in [4.69, 9.17) is 0 Å². The van der Waals surface area contributed by atoms with E-state index in [9.17, 15) is 9.59 Å². The van der Waals surface area contributed by atoms with Crippen LogP contribution in [-0.4, -0.2) is 34.6 Å². The summed E-state index contributed by atoms with van der Waals surface area (Å²) in [5, 5.41) is 3.13. The fourth-order valence-corrected chi connectivity index (χ4v) is 4.84. The summed E-state index contributed by atoms with van der Waals surface area (Å²) < 4.78 is 0. The first kappa shape index (κ1) is 27.5. The van der Waals surface area contributed by atoms with Crippen molar-refractivity contribution in [1.82, 2.24) is 10.2 Å². The Morgan fingerprint density at radius 2 is 1.58 bits per heavy atom. The Kier molecular flexibility index (Phi) is 10.6. The average Bonchev–Trinajstić information content (AvgIpc) is 2.88. The Labute approximate surface area is 220 Å². The number of nitrogens with one attached hydrogen (secondary N) is 1. The average molecular weight is 503 g/mol. The van der Waals surface area contributed by atoms with Crippen LogP contribution in [0, 0.1) is 13.8 Å². The molecule has 0 aliphatic heterocycles. The molecule has 0 unspecified atom stereocenters. The van der Waals surface area contributed by atoms with Gasteiger partial charge in [0.15, 0.2) is 0 Å². The summed E-state index contributed by atoms with van der Waals surface area (Å²) in [4.78, 5) is 30.2. The maximum absolute atomic E-state index is 13.7. The molecule has 0 saturated carbocycles. The number of aryl methyl sites for hydroxylation is 2. The lowest BCUT2D eigenvalue weighted by Gasteiger charge is -2.32. The molecular formula is C31H38N2O2S. The second-order valence-corrected chi connectivity index (χ2v) is 10.6. The van der Waals surface area contributed by atoms with Gasteiger partial charge in [0.05, 0.1) is 0 Å². The third-order valence-corrected chi connectivity index (χ3v) is 7.49. The summed E-state index contributed by atoms with van der Waals surface area (Å²) in [5.74, 6) is 0.566. The molecule has 0 heterocycles. The minimum absolute atomic E-state index is 0.00176. The number of carbonyl (C=O) groups excluding carboxylic acids is 2. The van der Waals surface area contributed by atoms with Gasteiger partial charge in [0.2, 0.25) is 11.8 Å². The van der Waals surface area contributed by atoms with Crippen molar-refractivity contribution in [2.24, 2.45) is 0 Å². The van der Waals surface area contributed by atoms with Crippen LogP contribution in [0.1, 0.15) is 48.9 Å². The minimum atomic E-state index is -0.585. The maximum atomic E-state index is 13.7. The zero-order chi connectivity index (χ0) is 25.9. The van der Waals surface area contributed by atoms with Crippen LogP contribution >= 0.6 is 11.8 Å². The molecule has 4 nitrogen and oxygen atoms in total. The van der Waals surface area contributed by atoms with Crippen LogP contribution < -0.4 is 5.32 Å². The number of rotatable bonds is 12. The predicted octanol–water partition coefficient (Wildman–Crippen LogP) is 6.34. The van der Waals surface area contributed by atoms with Gasteiger partial charge in [0.25, 0.3) is 0 Å². The summed E-state index contributed by atoms with van der Waals surface area (Å²) in [6.07, 6.45) is 1.68. The topological polar surface area (TPSA) is 49.4 Å². The molecule has 0 fully saturated rings. The molecule has 2 atom stereocenters. The first-order valence-electron chi connectivity index (χ1n) is 12.7. The lowest BCUT2D eigenvalue weighted by molar-refractivity contribution is -0.141. The van der Waals surface area contributed by atoms with E-state index in [1.165, 1.54) is 5.56 Å². The van der Waals surface area contributed by atoms with Crippen molar-refractivity contribution in [2.45, 2.75) is 70.5 Å². The van der Waals surface area contributed by atoms with E-state index in [0.717, 1.165) is 28.0 Å². The van der Waals surface area contributed by atoms with Crippen LogP contribution in [0.2, 0.25) is 0 Å². The van der Waals surface area contributed by atoms with Gasteiger partial charge < -0.3 is 10.2 Å². The van der Waals surface area contributed by atoms with Gasteiger partial charge in [-0.25, -0.2) is 0 Å². The lowest BCUT2D eigenvalue weighted by Crippen LogP contribution is -2.52. The Morgan fingerprint density at radius 1 is 0.917 bits per heavy atom. The number of amides is 2. The third-order valence-electron chi connectivity index (χ3n) is 6.48. The molecule has 0 aliphatic carbocycles. The molecule has 0 spiro atoms. The molecular weight excluding hydrogens is 464 g/mol. The molecule has 3 aromatic rings. The van der Waals surface area contributed by atoms with Crippen LogP contribution in [0.5, 0.6) is 0 Å². The number of benzene rings is 3. The van der Waals surface area contributed by atoms with Gasteiger partial charge in [-0.15, -0.1) is 11.8 Å². The number of nitrogens with zero attached hydrogens (tertiary/aromatic N) is 1. The van der Waals surface area contributed by atoms with E-state index in [2.05, 4.69) is 56.4 Å². The Balaban J connectivity index is 1.86. The Morgan fingerprint density at radius 3 is 2.25 bits per heavy atom. The van der Waals surface area contributed by atoms with Gasteiger partial charge in [-0.3, -0.25) is 9.59 Å². The molecule has 190 valence electrons. The Hall–Kier alpha value is -3.05. The Bertz CT molecular complexity index is 1110. The van der Waals surface area contributed by atoms with Crippen LogP contribution in [0.3, 0.4) is 0 Å². The number of carbonyl (C=O) groups is 2. The molecule has 3 rings (SSSR count). The van der Waals surface area contributed by atoms with E-state index < -0.39 is 6.04 Å². The highest BCUT2D eigenvalue weighted by Crippen LogP contribution is 2.22. The molecule has 0 aliphatic rings. The SMILES string of the molecule is CC[C@@H](C)NC(=O)[C@@H](Cc1ccccc1)N(Cc1ccccc1C)C(=O)CCSc1ccc(C)cc1. The fraction of sp³-hybridized carbons (Fsp3) is 0.355. The first-order valence-corrected chi connectivity index (χ1v) is 13.7. The van der Waals surface area contributed by atoms with Crippen molar-refractivity contribution in [2.75, 3.05) is 5.75 Å². The molecule has 36 heavy (non-hydrogen) atoms. The van der Waals surface area contributed by atoms with Crippen LogP contribution in [0.15, 0.2) is 83.8 Å². The molecule has 0 aromatic heterocycles. The standard InChI is InChI=1S/C31H38N2O2S/c1-5-25(4)32-31(35)29(21-26-12-7-6-8-13-26)33(22-27-14-10-9-11-24(27)3)30(34)19-20-36-28-17-15-23(2)16-18-28/h6-18,25,29H,5,19-22H2,1-4H3,(H,32,35)/t25-,29-/m1/s1. The molecule has 3 aromatic carbocycles. The van der Waals surface area contributed by atoms with Gasteiger partial charge >= 0.3 is 0 Å². The summed E-state index contributed by atoms with van der Waals surface area (Å²) in [5.41, 5.74) is 4.44. The summed E-state index contributed by atoms with van der Waals surface area (Å²) in [6.45, 7) is 8.58. The summed E-state index contributed by atoms with van der Waals surface area (Å²) >= 11 is 1.67. The van der Waals surface area contributed by atoms with Crippen molar-refractivity contribution in [3.63, 3.8) is 0 Å². The molecule has 2 amide bonds. The third kappa shape index (κ3) is 8.27. The quantitative estimate of drug-likeness (QED) is 0.294. The molecule has 1 N–H and O–H groups in total. The van der Waals surface area contributed by atoms with Crippen molar-refractivity contribution in [3.8, 4) is 0 Å². The second kappa shape index (κ2) is 13.9. The normalized spacial score (nSPS) is 12.6. The fourth-order valence-electron chi connectivity index (χ4n) is 4.00. The lowest BCUT2D eigenvalue weighted by atomic mass is 10.0. The van der Waals surface area contributed by atoms with E-state index in [1.807, 2.05) is 55.5 Å². The van der Waals surface area contributed by atoms with Gasteiger partial charge in [-0.1, -0.05) is 79.2 Å². The zero-order valence-corrected chi connectivity index (χ0v) is 22.7. The highest BCUT2D eigenvalue weighted by atomic mass is 32.2. The van der Waals surface area contributed by atoms with Crippen LogP contribution in [-0.2, 0) is 22.6 Å². The monoisotopic (exact) mass is 502 g/mol. The van der Waals surface area contributed by atoms with Gasteiger partial charge in [0.1, 0.15) is 6.04 Å². The molecule has 0 radical (unpaired) electrons. The van der Waals surface area contributed by atoms with Crippen LogP contribution in [0.4, 0.5) is 0 Å². The van der Waals surface area contributed by atoms with Crippen molar-refractivity contribution < 1.29 is 9.59 Å². The van der Waals surface area contributed by atoms with Gasteiger partial charge in [-0.2, -0.15) is 0 Å². The molecule has 5 heteroatoms. The highest BCUT2D eigenvalue weighted by Gasteiger charge is 2.31. The smallest absolute Gasteiger partial charge is 0.243 e. The van der Waals surface area contributed by atoms with Crippen molar-refractivity contribution in [1.29, 1.82) is 0 Å². The molecule has 0 saturated heterocycles. The van der Waals surface area contributed by atoms with E-state index >= 15 is 0 Å². The number of thioether (sulfide) groups is 1. The molecule has 0 bridgehead atoms. The van der Waals surface area contributed by atoms with Crippen molar-refractivity contribution >= 4 is 23.6 Å². The van der Waals surface area contributed by atoms with E-state index in [1.54, 1.807) is 16.7 Å². The first-order chi connectivity index (χ1) is 17.4. The van der Waals surface area contributed by atoms with Gasteiger partial charge in [-0.05, 0) is 56.0 Å². The second-order valence-electron chi connectivity index (χ2n) is 9.38. The van der Waals surface area contributed by atoms with Gasteiger partial charge in [0, 0.05) is 36.1 Å². The zero-order valence-electron chi connectivity index (χ0n) is 21.9. The van der Waals surface area contributed by atoms with E-state index in [0.29, 0.717) is 25.1 Å². The largest absolute Gasteiger partial charge is 0.352 e. The van der Waals surface area contributed by atoms with E-state index in [-0.39, 0.29) is 17.9 Å². The summed E-state index contributed by atoms with van der Waals surface area (Å²) in [6, 6.07) is 25.9. The number of hydrogen-bond donors (Lipinski definition) is 1. The minimum Gasteiger partial charge on any atom is -0.352 e. The maximum Gasteiger partial charge on any atom is 0.243 e.